The minimum Gasteiger partial charge on any atom is -0.493 e. The van der Waals surface area contributed by atoms with Crippen molar-refractivity contribution in [2.45, 2.75) is 58.7 Å². The minimum absolute atomic E-state index is 0.0202. The molecular formula is C24H33N5O. The van der Waals surface area contributed by atoms with Crippen LogP contribution in [0.3, 0.4) is 0 Å². The van der Waals surface area contributed by atoms with E-state index in [1.807, 2.05) is 6.07 Å². The second-order valence-electron chi connectivity index (χ2n) is 8.98. The van der Waals surface area contributed by atoms with Crippen molar-refractivity contribution < 1.29 is 4.74 Å². The summed E-state index contributed by atoms with van der Waals surface area (Å²) >= 11 is 0. The van der Waals surface area contributed by atoms with Gasteiger partial charge in [-0.1, -0.05) is 49.4 Å². The average Bonchev–Trinajstić information content (AvgIpc) is 3.23. The lowest BCUT2D eigenvalue weighted by Gasteiger charge is -2.41. The summed E-state index contributed by atoms with van der Waals surface area (Å²) < 4.78 is 6.17. The topological polar surface area (TPSA) is 52.1 Å². The maximum Gasteiger partial charge on any atom is 0.164 e. The molecule has 2 aromatic carbocycles. The number of para-hydroxylation sites is 1. The average molecular weight is 408 g/mol. The lowest BCUT2D eigenvalue weighted by atomic mass is 9.94. The summed E-state index contributed by atoms with van der Waals surface area (Å²) in [6.07, 6.45) is 2.02. The first-order chi connectivity index (χ1) is 14.5. The standard InChI is InChI=1S/C24H33N5O/c1-5-16-30-21-13-9-8-12-20(21)22(23-25-26-27-29(23)24(2,3)4)28-15-14-18-10-6-7-11-19(18)17-28/h6-13,22,26-27H,5,14-17H2,1-4H3. The Balaban J connectivity index is 1.75. The number of nitrogens with one attached hydrogen (secondary N) is 2. The smallest absolute Gasteiger partial charge is 0.164 e. The highest BCUT2D eigenvalue weighted by Gasteiger charge is 2.39. The van der Waals surface area contributed by atoms with E-state index in [2.05, 4.69) is 91.1 Å². The third-order valence-electron chi connectivity index (χ3n) is 5.68. The van der Waals surface area contributed by atoms with Gasteiger partial charge in [-0.05, 0) is 50.8 Å². The van der Waals surface area contributed by atoms with E-state index in [0.717, 1.165) is 43.1 Å². The second-order valence-corrected chi connectivity index (χ2v) is 8.98. The Morgan fingerprint density at radius 1 is 1.07 bits per heavy atom. The maximum atomic E-state index is 6.17. The van der Waals surface area contributed by atoms with E-state index in [9.17, 15) is 0 Å². The van der Waals surface area contributed by atoms with Gasteiger partial charge in [0, 0.05) is 18.7 Å². The molecule has 4 rings (SSSR count). The number of hydrogen-bond donors (Lipinski definition) is 2. The van der Waals surface area contributed by atoms with Gasteiger partial charge in [-0.25, -0.2) is 5.53 Å². The predicted octanol–water partition coefficient (Wildman–Crippen LogP) is 4.01. The Morgan fingerprint density at radius 3 is 2.57 bits per heavy atom. The highest BCUT2D eigenvalue weighted by molar-refractivity contribution is 5.90. The number of benzene rings is 2. The second kappa shape index (κ2) is 8.66. The van der Waals surface area contributed by atoms with Crippen LogP contribution in [0, 0.1) is 0 Å². The first kappa shape index (κ1) is 20.7. The molecule has 2 aliphatic rings. The molecule has 30 heavy (non-hydrogen) atoms. The van der Waals surface area contributed by atoms with Gasteiger partial charge in [-0.15, -0.1) is 10.6 Å². The van der Waals surface area contributed by atoms with Crippen LogP contribution in [-0.2, 0) is 13.0 Å². The molecule has 2 aromatic rings. The predicted molar refractivity (Wildman–Crippen MR) is 121 cm³/mol. The largest absolute Gasteiger partial charge is 0.493 e. The molecule has 0 aliphatic carbocycles. The quantitative estimate of drug-likeness (QED) is 0.758. The first-order valence-corrected chi connectivity index (χ1v) is 10.9. The van der Waals surface area contributed by atoms with Crippen LogP contribution in [0.2, 0.25) is 0 Å². The summed E-state index contributed by atoms with van der Waals surface area (Å²) in [7, 11) is 0. The fourth-order valence-corrected chi connectivity index (χ4v) is 4.22. The van der Waals surface area contributed by atoms with Crippen LogP contribution in [0.25, 0.3) is 0 Å². The molecule has 6 heteroatoms. The fraction of sp³-hybridized carbons (Fsp3) is 0.458. The van der Waals surface area contributed by atoms with E-state index < -0.39 is 0 Å². The van der Waals surface area contributed by atoms with E-state index >= 15 is 0 Å². The molecule has 0 aromatic heterocycles. The van der Waals surface area contributed by atoms with Crippen molar-refractivity contribution in [1.29, 1.82) is 0 Å². The lowest BCUT2D eigenvalue weighted by Crippen LogP contribution is -2.55. The fourth-order valence-electron chi connectivity index (χ4n) is 4.22. The van der Waals surface area contributed by atoms with Crippen LogP contribution < -0.4 is 15.8 Å². The molecular weight excluding hydrogens is 374 g/mol. The van der Waals surface area contributed by atoms with E-state index in [4.69, 9.17) is 9.84 Å². The summed E-state index contributed by atoms with van der Waals surface area (Å²) in [4.78, 5) is 2.52. The highest BCUT2D eigenvalue weighted by atomic mass is 16.5. The molecule has 6 nitrogen and oxygen atoms in total. The SMILES string of the molecule is CCCOc1ccccc1C(C1=NNNN1C(C)(C)C)N1CCc2ccccc2C1. The van der Waals surface area contributed by atoms with Crippen LogP contribution in [0.5, 0.6) is 5.75 Å². The number of ether oxygens (including phenoxy) is 1. The van der Waals surface area contributed by atoms with Gasteiger partial charge in [0.1, 0.15) is 11.8 Å². The first-order valence-electron chi connectivity index (χ1n) is 10.9. The Hall–Kier alpha value is -2.57. The number of hydrogen-bond acceptors (Lipinski definition) is 6. The van der Waals surface area contributed by atoms with Crippen LogP contribution in [-0.4, -0.2) is 34.4 Å². The molecule has 0 saturated heterocycles. The lowest BCUT2D eigenvalue weighted by molar-refractivity contribution is 0.138. The molecule has 2 N–H and O–H groups in total. The minimum atomic E-state index is -0.131. The third-order valence-corrected chi connectivity index (χ3v) is 5.68. The molecule has 1 unspecified atom stereocenters. The van der Waals surface area contributed by atoms with E-state index in [1.165, 1.54) is 11.1 Å². The van der Waals surface area contributed by atoms with Gasteiger partial charge in [0.05, 0.1) is 12.1 Å². The molecule has 0 radical (unpaired) electrons. The summed E-state index contributed by atoms with van der Waals surface area (Å²) in [5.41, 5.74) is 10.1. The number of amidine groups is 1. The van der Waals surface area contributed by atoms with Crippen LogP contribution >= 0.6 is 0 Å². The van der Waals surface area contributed by atoms with Crippen LogP contribution in [0.15, 0.2) is 53.6 Å². The molecule has 0 bridgehead atoms. The summed E-state index contributed by atoms with van der Waals surface area (Å²) in [6, 6.07) is 17.1. The van der Waals surface area contributed by atoms with E-state index in [0.29, 0.717) is 6.61 Å². The Kier molecular flexibility index (Phi) is 5.97. The van der Waals surface area contributed by atoms with Crippen molar-refractivity contribution in [2.24, 2.45) is 5.10 Å². The molecule has 1 atom stereocenters. The van der Waals surface area contributed by atoms with Crippen molar-refractivity contribution in [3.8, 4) is 5.75 Å². The van der Waals surface area contributed by atoms with Gasteiger partial charge in [0.25, 0.3) is 0 Å². The molecule has 0 fully saturated rings. The zero-order valence-electron chi connectivity index (χ0n) is 18.5. The molecule has 2 heterocycles. The van der Waals surface area contributed by atoms with Gasteiger partial charge < -0.3 is 4.74 Å². The van der Waals surface area contributed by atoms with E-state index in [-0.39, 0.29) is 11.6 Å². The normalized spacial score (nSPS) is 17.9. The Labute approximate surface area is 179 Å². The third kappa shape index (κ3) is 4.16. The van der Waals surface area contributed by atoms with Gasteiger partial charge in [-0.2, -0.15) is 0 Å². The van der Waals surface area contributed by atoms with E-state index in [1.54, 1.807) is 0 Å². The number of hydrazine groups is 2. The zero-order chi connectivity index (χ0) is 21.1. The van der Waals surface area contributed by atoms with Crippen LogP contribution in [0.4, 0.5) is 0 Å². The van der Waals surface area contributed by atoms with Crippen molar-refractivity contribution >= 4 is 5.84 Å². The van der Waals surface area contributed by atoms with Crippen molar-refractivity contribution in [3.63, 3.8) is 0 Å². The summed E-state index contributed by atoms with van der Waals surface area (Å²) in [5, 5.41) is 6.83. The van der Waals surface area contributed by atoms with Gasteiger partial charge in [0.2, 0.25) is 0 Å². The van der Waals surface area contributed by atoms with Gasteiger partial charge >= 0.3 is 0 Å². The summed E-state index contributed by atoms with van der Waals surface area (Å²) in [5.74, 6) is 1.90. The molecule has 0 spiro atoms. The Bertz CT molecular complexity index is 904. The Morgan fingerprint density at radius 2 is 1.80 bits per heavy atom. The molecule has 160 valence electrons. The van der Waals surface area contributed by atoms with Crippen LogP contribution in [0.1, 0.15) is 56.8 Å². The summed E-state index contributed by atoms with van der Waals surface area (Å²) in [6.45, 7) is 11.3. The maximum absolute atomic E-state index is 6.17. The molecule has 0 amide bonds. The van der Waals surface area contributed by atoms with Crippen molar-refractivity contribution in [3.05, 3.63) is 65.2 Å². The molecule has 0 saturated carbocycles. The zero-order valence-corrected chi connectivity index (χ0v) is 18.5. The number of fused-ring (bicyclic) bond motifs is 1. The monoisotopic (exact) mass is 407 g/mol. The van der Waals surface area contributed by atoms with Crippen molar-refractivity contribution in [1.82, 2.24) is 21.0 Å². The number of nitrogens with zero attached hydrogens (tertiary/aromatic N) is 3. The van der Waals surface area contributed by atoms with Gasteiger partial charge in [-0.3, -0.25) is 9.91 Å². The molecule has 2 aliphatic heterocycles. The van der Waals surface area contributed by atoms with Crippen molar-refractivity contribution in [2.75, 3.05) is 13.2 Å². The number of rotatable bonds is 6. The highest BCUT2D eigenvalue weighted by Crippen LogP contribution is 2.36. The van der Waals surface area contributed by atoms with Gasteiger partial charge in [0.15, 0.2) is 5.84 Å². The number of hydrazone groups is 1.